The first-order chi connectivity index (χ1) is 10.0. The Hall–Kier alpha value is -1.40. The normalized spacial score (nSPS) is 12.1. The van der Waals surface area contributed by atoms with E-state index >= 15 is 0 Å². The van der Waals surface area contributed by atoms with E-state index in [-0.39, 0.29) is 5.75 Å². The highest BCUT2D eigenvalue weighted by Crippen LogP contribution is 2.12. The Morgan fingerprint density at radius 2 is 1.95 bits per heavy atom. The zero-order valence-corrected chi connectivity index (χ0v) is 13.2. The molecule has 1 aromatic heterocycles. The van der Waals surface area contributed by atoms with Crippen LogP contribution in [0.3, 0.4) is 0 Å². The first-order valence-corrected chi connectivity index (χ1v) is 9.00. The van der Waals surface area contributed by atoms with Crippen molar-refractivity contribution in [2.45, 2.75) is 45.7 Å². The van der Waals surface area contributed by atoms with Crippen LogP contribution >= 0.6 is 0 Å². The Kier molecular flexibility index (Phi) is 5.36. The van der Waals surface area contributed by atoms with Gasteiger partial charge in [0.05, 0.1) is 23.2 Å². The van der Waals surface area contributed by atoms with Gasteiger partial charge in [0.1, 0.15) is 0 Å². The summed E-state index contributed by atoms with van der Waals surface area (Å²) in [4.78, 5) is 0. The topological polar surface area (TPSA) is 66.0 Å². The Morgan fingerprint density at radius 1 is 1.19 bits per heavy atom. The maximum absolute atomic E-state index is 10.6. The molecule has 2 rings (SSSR count). The summed E-state index contributed by atoms with van der Waals surface area (Å²) in [6.07, 6.45) is 5.47. The van der Waals surface area contributed by atoms with Gasteiger partial charge in [0, 0.05) is 5.75 Å². The Balaban J connectivity index is 2.08. The van der Waals surface area contributed by atoms with E-state index < -0.39 is 10.1 Å². The van der Waals surface area contributed by atoms with Crippen molar-refractivity contribution in [1.82, 2.24) is 4.57 Å². The molecule has 0 radical (unpaired) electrons. The number of hydrogen-bond donors (Lipinski definition) is 0. The lowest BCUT2D eigenvalue weighted by atomic mass is 10.3. The van der Waals surface area contributed by atoms with Gasteiger partial charge in [-0.25, -0.2) is 17.6 Å². The van der Waals surface area contributed by atoms with Gasteiger partial charge in [0.2, 0.25) is 6.33 Å². The lowest BCUT2D eigenvalue weighted by Crippen LogP contribution is -2.32. The maximum Gasteiger partial charge on any atom is 0.244 e. The summed E-state index contributed by atoms with van der Waals surface area (Å²) in [7, 11) is -4.09. The monoisotopic (exact) mass is 310 g/mol. The summed E-state index contributed by atoms with van der Waals surface area (Å²) in [5.41, 5.74) is 2.35. The molecular formula is C15H22N2O3S. The molecule has 1 heterocycles. The van der Waals surface area contributed by atoms with Crippen molar-refractivity contribution < 1.29 is 17.5 Å². The van der Waals surface area contributed by atoms with Crippen LogP contribution in [0.4, 0.5) is 0 Å². The molecule has 0 saturated heterocycles. The predicted molar refractivity (Wildman–Crippen MR) is 80.8 cm³/mol. The van der Waals surface area contributed by atoms with Crippen molar-refractivity contribution >= 4 is 21.2 Å². The van der Waals surface area contributed by atoms with E-state index in [1.165, 1.54) is 5.52 Å². The second-order valence-corrected chi connectivity index (χ2v) is 6.84. The number of unbranched alkanes of at least 4 members (excludes halogenated alkanes) is 2. The van der Waals surface area contributed by atoms with E-state index in [1.54, 1.807) is 0 Å². The zero-order valence-electron chi connectivity index (χ0n) is 12.4. The van der Waals surface area contributed by atoms with Gasteiger partial charge in [0.15, 0.2) is 11.0 Å². The molecule has 0 amide bonds. The lowest BCUT2D eigenvalue weighted by molar-refractivity contribution is -0.672. The van der Waals surface area contributed by atoms with Gasteiger partial charge in [-0.1, -0.05) is 25.5 Å². The quantitative estimate of drug-likeness (QED) is 0.426. The fourth-order valence-corrected chi connectivity index (χ4v) is 3.05. The summed E-state index contributed by atoms with van der Waals surface area (Å²) >= 11 is 0. The third-order valence-electron chi connectivity index (χ3n) is 3.58. The molecule has 0 aliphatic carbocycles. The summed E-state index contributed by atoms with van der Waals surface area (Å²) in [5, 5.41) is 0. The van der Waals surface area contributed by atoms with Gasteiger partial charge in [-0.05, 0) is 31.4 Å². The highest BCUT2D eigenvalue weighted by atomic mass is 32.2. The van der Waals surface area contributed by atoms with Crippen LogP contribution in [0.15, 0.2) is 30.6 Å². The summed E-state index contributed by atoms with van der Waals surface area (Å²) in [6, 6.07) is 8.20. The molecule has 2 aromatic rings. The number of imidazole rings is 1. The minimum absolute atomic E-state index is 0.276. The first kappa shape index (κ1) is 16.0. The van der Waals surface area contributed by atoms with Crippen molar-refractivity contribution in [3.63, 3.8) is 0 Å². The van der Waals surface area contributed by atoms with Crippen LogP contribution in [0.2, 0.25) is 0 Å². The third-order valence-corrected chi connectivity index (χ3v) is 4.36. The third kappa shape index (κ3) is 4.54. The van der Waals surface area contributed by atoms with Gasteiger partial charge < -0.3 is 4.55 Å². The number of para-hydroxylation sites is 2. The molecular weight excluding hydrogens is 288 g/mol. The molecule has 21 heavy (non-hydrogen) atoms. The van der Waals surface area contributed by atoms with Gasteiger partial charge >= 0.3 is 0 Å². The number of benzene rings is 1. The van der Waals surface area contributed by atoms with Crippen molar-refractivity contribution in [3.05, 3.63) is 30.6 Å². The molecule has 0 unspecified atom stereocenters. The number of nitrogens with zero attached hydrogens (tertiary/aromatic N) is 2. The molecule has 116 valence electrons. The van der Waals surface area contributed by atoms with Gasteiger partial charge in [0.25, 0.3) is 0 Å². The molecule has 0 saturated carbocycles. The minimum Gasteiger partial charge on any atom is -0.748 e. The van der Waals surface area contributed by atoms with E-state index in [0.717, 1.165) is 31.4 Å². The van der Waals surface area contributed by atoms with E-state index in [0.29, 0.717) is 12.8 Å². The Morgan fingerprint density at radius 3 is 2.67 bits per heavy atom. The molecule has 0 aliphatic heterocycles. The minimum atomic E-state index is -4.09. The number of fused-ring (bicyclic) bond motifs is 1. The Bertz CT molecular complexity index is 692. The highest BCUT2D eigenvalue weighted by molar-refractivity contribution is 7.85. The van der Waals surface area contributed by atoms with Crippen LogP contribution in [0.1, 0.15) is 32.6 Å². The van der Waals surface area contributed by atoms with Crippen LogP contribution in [0, 0.1) is 0 Å². The zero-order chi connectivity index (χ0) is 15.3. The SMILES string of the molecule is CCCCn1c[n+](CCCCS(=O)(=O)[O-])c2ccccc21. The molecule has 0 aliphatic rings. The van der Waals surface area contributed by atoms with E-state index in [2.05, 4.69) is 34.5 Å². The first-order valence-electron chi connectivity index (χ1n) is 7.42. The van der Waals surface area contributed by atoms with Crippen LogP contribution in [-0.2, 0) is 23.2 Å². The van der Waals surface area contributed by atoms with Crippen molar-refractivity contribution in [1.29, 1.82) is 0 Å². The Labute approximate surface area is 126 Å². The molecule has 0 bridgehead atoms. The number of hydrogen-bond acceptors (Lipinski definition) is 3. The largest absolute Gasteiger partial charge is 0.748 e. The fraction of sp³-hybridized carbons (Fsp3) is 0.533. The van der Waals surface area contributed by atoms with Crippen molar-refractivity contribution in [2.24, 2.45) is 0 Å². The van der Waals surface area contributed by atoms with Crippen LogP contribution in [0.5, 0.6) is 0 Å². The highest BCUT2D eigenvalue weighted by Gasteiger charge is 2.14. The van der Waals surface area contributed by atoms with E-state index in [4.69, 9.17) is 0 Å². The van der Waals surface area contributed by atoms with Gasteiger partial charge in [-0.2, -0.15) is 0 Å². The summed E-state index contributed by atoms with van der Waals surface area (Å²) < 4.78 is 36.2. The molecule has 0 N–H and O–H groups in total. The van der Waals surface area contributed by atoms with E-state index in [1.807, 2.05) is 12.1 Å². The molecule has 1 aromatic carbocycles. The summed E-state index contributed by atoms with van der Waals surface area (Å²) in [5.74, 6) is -0.276. The fourth-order valence-electron chi connectivity index (χ4n) is 2.49. The van der Waals surface area contributed by atoms with Gasteiger partial charge in [-0.3, -0.25) is 0 Å². The van der Waals surface area contributed by atoms with Crippen LogP contribution in [0.25, 0.3) is 11.0 Å². The lowest BCUT2D eigenvalue weighted by Gasteiger charge is -2.05. The standard InChI is InChI=1S/C15H22N2O3S/c1-2-3-10-16-13-17(11-6-7-12-21(18,19)20)15-9-5-4-8-14(15)16/h4-5,8-9,13H,2-3,6-7,10-12H2,1H3. The predicted octanol–water partition coefficient (Wildman–Crippen LogP) is 2.05. The van der Waals surface area contributed by atoms with Crippen LogP contribution < -0.4 is 4.57 Å². The molecule has 0 fully saturated rings. The number of aromatic nitrogens is 2. The van der Waals surface area contributed by atoms with Crippen LogP contribution in [-0.4, -0.2) is 23.3 Å². The molecule has 0 spiro atoms. The smallest absolute Gasteiger partial charge is 0.244 e. The molecule has 0 atom stereocenters. The average Bonchev–Trinajstić information content (AvgIpc) is 2.79. The second-order valence-electron chi connectivity index (χ2n) is 5.31. The van der Waals surface area contributed by atoms with Gasteiger partial charge in [-0.15, -0.1) is 0 Å². The van der Waals surface area contributed by atoms with Crippen molar-refractivity contribution in [2.75, 3.05) is 5.75 Å². The number of rotatable bonds is 8. The maximum atomic E-state index is 10.6. The van der Waals surface area contributed by atoms with E-state index in [9.17, 15) is 13.0 Å². The summed E-state index contributed by atoms with van der Waals surface area (Å²) in [6.45, 7) is 3.89. The molecule has 6 heteroatoms. The van der Waals surface area contributed by atoms with Crippen molar-refractivity contribution in [3.8, 4) is 0 Å². The average molecular weight is 310 g/mol. The second kappa shape index (κ2) is 7.04. The molecule has 5 nitrogen and oxygen atoms in total. The number of aryl methyl sites for hydroxylation is 2.